The van der Waals surface area contributed by atoms with E-state index in [4.69, 9.17) is 0 Å². The van der Waals surface area contributed by atoms with E-state index in [0.29, 0.717) is 17.6 Å². The molecule has 3 saturated carbocycles. The van der Waals surface area contributed by atoms with E-state index in [1.807, 2.05) is 6.08 Å². The van der Waals surface area contributed by atoms with Gasteiger partial charge in [-0.15, -0.1) is 0 Å². The maximum Gasteiger partial charge on any atom is 0.111 e. The minimum atomic E-state index is -0.0835. The highest BCUT2D eigenvalue weighted by Crippen LogP contribution is 2.64. The van der Waals surface area contributed by atoms with Crippen molar-refractivity contribution in [2.75, 3.05) is 0 Å². The third kappa shape index (κ3) is 1.75. The highest BCUT2D eigenvalue weighted by atomic mass is 16.3. The van der Waals surface area contributed by atoms with Gasteiger partial charge in [0.15, 0.2) is 0 Å². The molecule has 0 saturated heterocycles. The van der Waals surface area contributed by atoms with E-state index in [9.17, 15) is 10.2 Å². The van der Waals surface area contributed by atoms with E-state index in [-0.39, 0.29) is 16.9 Å². The lowest BCUT2D eigenvalue weighted by molar-refractivity contribution is -0.0857. The Bertz CT molecular complexity index is 508. The van der Waals surface area contributed by atoms with Gasteiger partial charge in [0.1, 0.15) is 5.76 Å². The standard InChI is InChI=1S/C19H28O2/c1-18-9-7-13(20)11-12(18)3-4-14-15-5-6-17(21)19(15,2)10-8-16(14)18/h7,9,11-12,14-17,20-21H,3-6,8,10H2,1-2H3/t12?,14-,15-,16+,17?,18-,19-/m0/s1. The van der Waals surface area contributed by atoms with Crippen molar-refractivity contribution >= 4 is 0 Å². The molecule has 2 nitrogen and oxygen atoms in total. The van der Waals surface area contributed by atoms with E-state index in [1.165, 1.54) is 32.1 Å². The Labute approximate surface area is 127 Å². The molecule has 0 radical (unpaired) electrons. The molecule has 21 heavy (non-hydrogen) atoms. The van der Waals surface area contributed by atoms with Gasteiger partial charge in [0.25, 0.3) is 0 Å². The average Bonchev–Trinajstić information content (AvgIpc) is 2.76. The number of aliphatic hydroxyl groups excluding tert-OH is 2. The zero-order valence-electron chi connectivity index (χ0n) is 13.3. The molecule has 0 amide bonds. The van der Waals surface area contributed by atoms with Crippen molar-refractivity contribution in [1.82, 2.24) is 0 Å². The van der Waals surface area contributed by atoms with Crippen LogP contribution in [-0.2, 0) is 0 Å². The Hall–Kier alpha value is -0.760. The third-order valence-corrected chi connectivity index (χ3v) is 7.78. The highest BCUT2D eigenvalue weighted by molar-refractivity contribution is 5.27. The number of rotatable bonds is 0. The maximum atomic E-state index is 10.4. The third-order valence-electron chi connectivity index (χ3n) is 7.78. The normalized spacial score (nSPS) is 55.4. The molecule has 0 heterocycles. The monoisotopic (exact) mass is 288 g/mol. The van der Waals surface area contributed by atoms with E-state index in [2.05, 4.69) is 26.0 Å². The van der Waals surface area contributed by atoms with Crippen molar-refractivity contribution in [3.8, 4) is 0 Å². The summed E-state index contributed by atoms with van der Waals surface area (Å²) in [6, 6.07) is 0. The smallest absolute Gasteiger partial charge is 0.111 e. The first kappa shape index (κ1) is 13.9. The summed E-state index contributed by atoms with van der Waals surface area (Å²) in [7, 11) is 0. The van der Waals surface area contributed by atoms with Crippen molar-refractivity contribution in [3.63, 3.8) is 0 Å². The molecule has 116 valence electrons. The van der Waals surface area contributed by atoms with E-state index in [1.54, 1.807) is 0 Å². The van der Waals surface area contributed by atoms with Crippen LogP contribution >= 0.6 is 0 Å². The number of fused-ring (bicyclic) bond motifs is 5. The summed E-state index contributed by atoms with van der Waals surface area (Å²) in [6.45, 7) is 4.74. The van der Waals surface area contributed by atoms with E-state index >= 15 is 0 Å². The first-order valence-corrected chi connectivity index (χ1v) is 8.73. The molecule has 4 aliphatic carbocycles. The van der Waals surface area contributed by atoms with Crippen LogP contribution in [0.2, 0.25) is 0 Å². The number of hydrogen-bond donors (Lipinski definition) is 2. The first-order chi connectivity index (χ1) is 9.95. The zero-order chi connectivity index (χ0) is 14.8. The quantitative estimate of drug-likeness (QED) is 0.700. The fraction of sp³-hybridized carbons (Fsp3) is 0.789. The van der Waals surface area contributed by atoms with Gasteiger partial charge in [-0.05, 0) is 85.2 Å². The van der Waals surface area contributed by atoms with Crippen molar-refractivity contribution in [1.29, 1.82) is 0 Å². The molecule has 0 aliphatic heterocycles. The molecule has 0 spiro atoms. The second kappa shape index (κ2) is 4.38. The number of allylic oxidation sites excluding steroid dienone is 3. The maximum absolute atomic E-state index is 10.4. The minimum absolute atomic E-state index is 0.0835. The van der Waals surface area contributed by atoms with Gasteiger partial charge in [-0.3, -0.25) is 0 Å². The second-order valence-corrected chi connectivity index (χ2v) is 8.49. The van der Waals surface area contributed by atoms with Crippen LogP contribution < -0.4 is 0 Å². The molecule has 4 aliphatic rings. The van der Waals surface area contributed by atoms with Crippen LogP contribution in [0.25, 0.3) is 0 Å². The van der Waals surface area contributed by atoms with Gasteiger partial charge in [0.2, 0.25) is 0 Å². The fourth-order valence-electron chi connectivity index (χ4n) is 6.43. The molecule has 2 heteroatoms. The average molecular weight is 288 g/mol. The summed E-state index contributed by atoms with van der Waals surface area (Å²) in [5.74, 6) is 3.14. The van der Waals surface area contributed by atoms with Crippen molar-refractivity contribution in [2.24, 2.45) is 34.5 Å². The molecular formula is C19H28O2. The summed E-state index contributed by atoms with van der Waals surface area (Å²) in [6.07, 6.45) is 13.3. The lowest BCUT2D eigenvalue weighted by Crippen LogP contribution is -2.52. The van der Waals surface area contributed by atoms with Crippen LogP contribution in [0.4, 0.5) is 0 Å². The zero-order valence-corrected chi connectivity index (χ0v) is 13.3. The van der Waals surface area contributed by atoms with E-state index < -0.39 is 0 Å². The Balaban J connectivity index is 1.68. The van der Waals surface area contributed by atoms with Crippen molar-refractivity contribution < 1.29 is 10.2 Å². The van der Waals surface area contributed by atoms with Gasteiger partial charge in [0.05, 0.1) is 6.10 Å². The Morgan fingerprint density at radius 2 is 1.86 bits per heavy atom. The topological polar surface area (TPSA) is 40.5 Å². The second-order valence-electron chi connectivity index (χ2n) is 8.49. The van der Waals surface area contributed by atoms with Crippen molar-refractivity contribution in [3.05, 3.63) is 24.0 Å². The van der Waals surface area contributed by atoms with Crippen LogP contribution in [0.3, 0.4) is 0 Å². The molecular weight excluding hydrogens is 260 g/mol. The number of hydrogen-bond acceptors (Lipinski definition) is 2. The van der Waals surface area contributed by atoms with Crippen molar-refractivity contribution in [2.45, 2.75) is 58.5 Å². The van der Waals surface area contributed by atoms with Crippen LogP contribution in [0, 0.1) is 34.5 Å². The van der Waals surface area contributed by atoms with Gasteiger partial charge in [0, 0.05) is 0 Å². The van der Waals surface area contributed by atoms with Gasteiger partial charge >= 0.3 is 0 Å². The first-order valence-electron chi connectivity index (χ1n) is 8.73. The molecule has 7 atom stereocenters. The van der Waals surface area contributed by atoms with Crippen LogP contribution in [-0.4, -0.2) is 16.3 Å². The Kier molecular flexibility index (Phi) is 2.89. The number of aliphatic hydroxyl groups is 2. The van der Waals surface area contributed by atoms with Gasteiger partial charge in [-0.25, -0.2) is 0 Å². The molecule has 0 bridgehead atoms. The summed E-state index contributed by atoms with van der Waals surface area (Å²) in [5, 5.41) is 20.3. The summed E-state index contributed by atoms with van der Waals surface area (Å²) < 4.78 is 0. The van der Waals surface area contributed by atoms with E-state index in [0.717, 1.165) is 18.3 Å². The lowest BCUT2D eigenvalue weighted by atomic mass is 9.47. The molecule has 4 rings (SSSR count). The summed E-state index contributed by atoms with van der Waals surface area (Å²) >= 11 is 0. The van der Waals surface area contributed by atoms with Gasteiger partial charge in [-0.2, -0.15) is 0 Å². The van der Waals surface area contributed by atoms with Crippen LogP contribution in [0.1, 0.15) is 52.4 Å². The Morgan fingerprint density at radius 3 is 2.67 bits per heavy atom. The SMILES string of the molecule is C[C@]12C=CC(O)=CC1CC[C@@H]1[C@H]2CC[C@]2(C)C(O)CC[C@@H]12. The Morgan fingerprint density at radius 1 is 1.05 bits per heavy atom. The largest absolute Gasteiger partial charge is 0.508 e. The molecule has 3 fully saturated rings. The molecule has 0 aromatic carbocycles. The predicted octanol–water partition coefficient (Wildman–Crippen LogP) is 4.22. The van der Waals surface area contributed by atoms with Crippen LogP contribution in [0.15, 0.2) is 24.0 Å². The van der Waals surface area contributed by atoms with Gasteiger partial charge < -0.3 is 10.2 Å². The summed E-state index contributed by atoms with van der Waals surface area (Å²) in [5.41, 5.74) is 0.380. The fourth-order valence-corrected chi connectivity index (χ4v) is 6.43. The van der Waals surface area contributed by atoms with Crippen LogP contribution in [0.5, 0.6) is 0 Å². The predicted molar refractivity (Wildman–Crippen MR) is 83.7 cm³/mol. The molecule has 0 aromatic heterocycles. The van der Waals surface area contributed by atoms with Gasteiger partial charge in [-0.1, -0.05) is 19.9 Å². The molecule has 0 aromatic rings. The summed E-state index contributed by atoms with van der Waals surface area (Å²) in [4.78, 5) is 0. The minimum Gasteiger partial charge on any atom is -0.508 e. The molecule has 2 unspecified atom stereocenters. The lowest BCUT2D eigenvalue weighted by Gasteiger charge is -2.58. The highest BCUT2D eigenvalue weighted by Gasteiger charge is 2.58. The molecule has 2 N–H and O–H groups in total.